The maximum absolute atomic E-state index is 13.9. The smallest absolute Gasteiger partial charge is 0.308 e. The van der Waals surface area contributed by atoms with E-state index >= 15 is 0 Å². The van der Waals surface area contributed by atoms with E-state index in [1.807, 2.05) is 11.8 Å². The number of carboxylic acids is 1. The Kier molecular flexibility index (Phi) is 3.99. The summed E-state index contributed by atoms with van der Waals surface area (Å²) in [6, 6.07) is 4.04. The van der Waals surface area contributed by atoms with Crippen LogP contribution >= 0.6 is 0 Å². The third-order valence-electron chi connectivity index (χ3n) is 3.65. The minimum Gasteiger partial charge on any atom is -0.481 e. The molecular formula is C13H15FN2O4. The third-order valence-corrected chi connectivity index (χ3v) is 3.65. The van der Waals surface area contributed by atoms with Gasteiger partial charge in [0.25, 0.3) is 0 Å². The molecule has 1 saturated heterocycles. The molecule has 0 aliphatic carbocycles. The fraction of sp³-hybridized carbons (Fsp3) is 0.462. The molecule has 1 fully saturated rings. The van der Waals surface area contributed by atoms with E-state index in [2.05, 4.69) is 0 Å². The summed E-state index contributed by atoms with van der Waals surface area (Å²) in [5, 5.41) is 19.7. The monoisotopic (exact) mass is 282 g/mol. The highest BCUT2D eigenvalue weighted by atomic mass is 19.1. The molecule has 2 atom stereocenters. The minimum absolute atomic E-state index is 0.0192. The van der Waals surface area contributed by atoms with Crippen LogP contribution in [0.25, 0.3) is 0 Å². The number of rotatable bonds is 4. The van der Waals surface area contributed by atoms with E-state index in [1.165, 1.54) is 12.1 Å². The standard InChI is InChI=1S/C13H15FN2O4/c1-8-5-15(7-10(8)13(17)18)6-9-3-2-4-11(12(9)14)16(19)20/h2-4,8,10H,5-7H2,1H3,(H,17,18). The number of aliphatic carboxylic acids is 1. The number of halogens is 1. The Morgan fingerprint density at radius 2 is 2.25 bits per heavy atom. The quantitative estimate of drug-likeness (QED) is 0.673. The zero-order valence-corrected chi connectivity index (χ0v) is 11.0. The number of carboxylic acid groups (broad SMARTS) is 1. The first-order chi connectivity index (χ1) is 9.40. The summed E-state index contributed by atoms with van der Waals surface area (Å²) >= 11 is 0. The summed E-state index contributed by atoms with van der Waals surface area (Å²) in [5.74, 6) is -2.20. The molecule has 1 aliphatic rings. The Bertz CT molecular complexity index is 549. The zero-order valence-electron chi connectivity index (χ0n) is 11.0. The number of hydrogen-bond donors (Lipinski definition) is 1. The van der Waals surface area contributed by atoms with Crippen molar-refractivity contribution in [3.8, 4) is 0 Å². The Balaban J connectivity index is 2.14. The molecule has 1 aromatic rings. The van der Waals surface area contributed by atoms with E-state index in [4.69, 9.17) is 5.11 Å². The van der Waals surface area contributed by atoms with Gasteiger partial charge in [-0.2, -0.15) is 4.39 Å². The SMILES string of the molecule is CC1CN(Cc2cccc([N+](=O)[O-])c2F)CC1C(=O)O. The molecule has 0 spiro atoms. The van der Waals surface area contributed by atoms with Crippen LogP contribution in [-0.4, -0.2) is 34.0 Å². The van der Waals surface area contributed by atoms with Crippen molar-refractivity contribution in [2.45, 2.75) is 13.5 Å². The average molecular weight is 282 g/mol. The maximum atomic E-state index is 13.9. The van der Waals surface area contributed by atoms with Gasteiger partial charge in [0.05, 0.1) is 10.8 Å². The normalized spacial score (nSPS) is 22.9. The van der Waals surface area contributed by atoms with Gasteiger partial charge in [-0.3, -0.25) is 19.8 Å². The molecule has 1 aromatic carbocycles. The first kappa shape index (κ1) is 14.4. The number of hydrogen-bond acceptors (Lipinski definition) is 4. The van der Waals surface area contributed by atoms with Gasteiger partial charge in [0.1, 0.15) is 0 Å². The molecule has 1 aliphatic heterocycles. The van der Waals surface area contributed by atoms with Gasteiger partial charge in [0.15, 0.2) is 0 Å². The highest BCUT2D eigenvalue weighted by Crippen LogP contribution is 2.27. The molecule has 108 valence electrons. The van der Waals surface area contributed by atoms with E-state index in [1.54, 1.807) is 0 Å². The largest absolute Gasteiger partial charge is 0.481 e. The van der Waals surface area contributed by atoms with Crippen LogP contribution in [0.15, 0.2) is 18.2 Å². The van der Waals surface area contributed by atoms with Gasteiger partial charge in [-0.05, 0) is 5.92 Å². The second-order valence-electron chi connectivity index (χ2n) is 5.12. The fourth-order valence-electron chi connectivity index (χ4n) is 2.59. The van der Waals surface area contributed by atoms with Gasteiger partial charge >= 0.3 is 11.7 Å². The minimum atomic E-state index is -0.862. The molecule has 2 unspecified atom stereocenters. The first-order valence-electron chi connectivity index (χ1n) is 6.27. The molecule has 0 amide bonds. The van der Waals surface area contributed by atoms with Crippen molar-refractivity contribution < 1.29 is 19.2 Å². The molecule has 0 aromatic heterocycles. The van der Waals surface area contributed by atoms with Gasteiger partial charge < -0.3 is 5.11 Å². The lowest BCUT2D eigenvalue weighted by molar-refractivity contribution is -0.387. The van der Waals surface area contributed by atoms with Gasteiger partial charge in [-0.25, -0.2) is 0 Å². The number of benzene rings is 1. The summed E-state index contributed by atoms with van der Waals surface area (Å²) in [4.78, 5) is 22.8. The maximum Gasteiger partial charge on any atom is 0.308 e. The average Bonchev–Trinajstić information content (AvgIpc) is 2.72. The third kappa shape index (κ3) is 2.77. The molecule has 20 heavy (non-hydrogen) atoms. The molecule has 0 bridgehead atoms. The predicted molar refractivity (Wildman–Crippen MR) is 68.6 cm³/mol. The lowest BCUT2D eigenvalue weighted by Gasteiger charge is -2.15. The lowest BCUT2D eigenvalue weighted by atomic mass is 9.99. The van der Waals surface area contributed by atoms with Crippen LogP contribution < -0.4 is 0 Å². The summed E-state index contributed by atoms with van der Waals surface area (Å²) < 4.78 is 13.9. The van der Waals surface area contributed by atoms with E-state index in [0.717, 1.165) is 6.07 Å². The molecule has 2 rings (SSSR count). The van der Waals surface area contributed by atoms with Crippen LogP contribution in [-0.2, 0) is 11.3 Å². The number of nitro groups is 1. The van der Waals surface area contributed by atoms with Crippen molar-refractivity contribution >= 4 is 11.7 Å². The summed E-state index contributed by atoms with van der Waals surface area (Å²) in [5.41, 5.74) is -0.332. The molecule has 1 N–H and O–H groups in total. The summed E-state index contributed by atoms with van der Waals surface area (Å²) in [6.07, 6.45) is 0. The van der Waals surface area contributed by atoms with E-state index in [-0.39, 0.29) is 18.0 Å². The van der Waals surface area contributed by atoms with Crippen molar-refractivity contribution in [1.29, 1.82) is 0 Å². The Morgan fingerprint density at radius 3 is 2.80 bits per heavy atom. The van der Waals surface area contributed by atoms with Crippen LogP contribution in [0.2, 0.25) is 0 Å². The first-order valence-corrected chi connectivity index (χ1v) is 6.27. The van der Waals surface area contributed by atoms with Crippen LogP contribution in [0.1, 0.15) is 12.5 Å². The zero-order chi connectivity index (χ0) is 14.9. The Morgan fingerprint density at radius 1 is 1.55 bits per heavy atom. The molecule has 7 heteroatoms. The van der Waals surface area contributed by atoms with E-state index in [0.29, 0.717) is 13.1 Å². The van der Waals surface area contributed by atoms with Crippen molar-refractivity contribution in [2.24, 2.45) is 11.8 Å². The summed E-state index contributed by atoms with van der Waals surface area (Å²) in [7, 11) is 0. The van der Waals surface area contributed by atoms with Crippen LogP contribution in [0.4, 0.5) is 10.1 Å². The van der Waals surface area contributed by atoms with Crippen molar-refractivity contribution in [2.75, 3.05) is 13.1 Å². The van der Waals surface area contributed by atoms with Gasteiger partial charge in [-0.1, -0.05) is 19.1 Å². The summed E-state index contributed by atoms with van der Waals surface area (Å²) in [6.45, 7) is 2.89. The van der Waals surface area contributed by atoms with E-state index in [9.17, 15) is 19.3 Å². The Hall–Kier alpha value is -2.02. The number of nitrogens with zero attached hydrogens (tertiary/aromatic N) is 2. The molecule has 6 nitrogen and oxygen atoms in total. The fourth-order valence-corrected chi connectivity index (χ4v) is 2.59. The van der Waals surface area contributed by atoms with Crippen molar-refractivity contribution in [3.63, 3.8) is 0 Å². The van der Waals surface area contributed by atoms with Crippen molar-refractivity contribution in [1.82, 2.24) is 4.90 Å². The molecule has 1 heterocycles. The van der Waals surface area contributed by atoms with Gasteiger partial charge in [0.2, 0.25) is 5.82 Å². The topological polar surface area (TPSA) is 83.7 Å². The van der Waals surface area contributed by atoms with Crippen LogP contribution in [0.5, 0.6) is 0 Å². The number of nitro benzene ring substituents is 1. The highest BCUT2D eigenvalue weighted by molar-refractivity contribution is 5.71. The van der Waals surface area contributed by atoms with Gasteiger partial charge in [-0.15, -0.1) is 0 Å². The van der Waals surface area contributed by atoms with Crippen LogP contribution in [0, 0.1) is 27.8 Å². The highest BCUT2D eigenvalue weighted by Gasteiger charge is 2.35. The van der Waals surface area contributed by atoms with E-state index < -0.39 is 28.3 Å². The molecule has 0 saturated carbocycles. The second-order valence-corrected chi connectivity index (χ2v) is 5.12. The van der Waals surface area contributed by atoms with Gasteiger partial charge in [0, 0.05) is 31.3 Å². The van der Waals surface area contributed by atoms with Crippen LogP contribution in [0.3, 0.4) is 0 Å². The second kappa shape index (κ2) is 5.54. The lowest BCUT2D eigenvalue weighted by Crippen LogP contribution is -2.23. The Labute approximate surface area is 115 Å². The molecule has 0 radical (unpaired) electrons. The van der Waals surface area contributed by atoms with Crippen molar-refractivity contribution in [3.05, 3.63) is 39.7 Å². The number of likely N-dealkylation sites (tertiary alicyclic amines) is 1. The number of carbonyl (C=O) groups is 1. The predicted octanol–water partition coefficient (Wildman–Crippen LogP) is 1.89. The molecular weight excluding hydrogens is 267 g/mol.